The fourth-order valence-corrected chi connectivity index (χ4v) is 3.69. The summed E-state index contributed by atoms with van der Waals surface area (Å²) in [6.07, 6.45) is 1.78. The van der Waals surface area contributed by atoms with E-state index in [1.807, 2.05) is 6.92 Å². The van der Waals surface area contributed by atoms with Crippen LogP contribution in [0.2, 0.25) is 0 Å². The molecule has 1 amide bonds. The summed E-state index contributed by atoms with van der Waals surface area (Å²) in [5.41, 5.74) is 0. The summed E-state index contributed by atoms with van der Waals surface area (Å²) in [4.78, 5) is 21.2. The van der Waals surface area contributed by atoms with E-state index in [-0.39, 0.29) is 23.2 Å². The maximum absolute atomic E-state index is 14.0. The fourth-order valence-electron chi connectivity index (χ4n) is 2.77. The standard InChI is InChI=1S/C16H18F2N4O2S/c1-9-5-12(24-14-4-3-11(17)6-19-14)7-22(9)8-13-15(18)21-16(25-13)20-10(2)23/h3-4,6,9,12H,5,7-8H2,1-2H3,(H,20,21,23)/t9-,12+/m0/s1. The Labute approximate surface area is 147 Å². The second-order valence-corrected chi connectivity index (χ2v) is 7.07. The van der Waals surface area contributed by atoms with Crippen LogP contribution in [0, 0.1) is 11.8 Å². The molecule has 0 aromatic carbocycles. The number of halogens is 2. The van der Waals surface area contributed by atoms with Crippen molar-refractivity contribution in [3.63, 3.8) is 0 Å². The molecule has 0 spiro atoms. The topological polar surface area (TPSA) is 67.4 Å². The van der Waals surface area contributed by atoms with Crippen molar-refractivity contribution in [2.75, 3.05) is 11.9 Å². The van der Waals surface area contributed by atoms with Crippen molar-refractivity contribution >= 4 is 22.4 Å². The van der Waals surface area contributed by atoms with Crippen LogP contribution in [0.3, 0.4) is 0 Å². The predicted octanol–water partition coefficient (Wildman–Crippen LogP) is 2.82. The second-order valence-electron chi connectivity index (χ2n) is 5.98. The number of aromatic nitrogens is 2. The van der Waals surface area contributed by atoms with Crippen LogP contribution in [0.1, 0.15) is 25.1 Å². The van der Waals surface area contributed by atoms with Crippen molar-refractivity contribution in [3.8, 4) is 5.88 Å². The number of nitrogens with zero attached hydrogens (tertiary/aromatic N) is 3. The number of thiazole rings is 1. The van der Waals surface area contributed by atoms with Gasteiger partial charge >= 0.3 is 0 Å². The van der Waals surface area contributed by atoms with Crippen LogP contribution in [0.5, 0.6) is 5.88 Å². The number of amides is 1. The third kappa shape index (κ3) is 4.49. The first-order chi connectivity index (χ1) is 11.9. The first kappa shape index (κ1) is 17.7. The molecule has 2 aromatic rings. The van der Waals surface area contributed by atoms with E-state index in [1.54, 1.807) is 0 Å². The Hall–Kier alpha value is -2.13. The Balaban J connectivity index is 1.61. The maximum atomic E-state index is 14.0. The van der Waals surface area contributed by atoms with Gasteiger partial charge in [0.05, 0.1) is 11.1 Å². The normalized spacial score (nSPS) is 20.6. The monoisotopic (exact) mass is 368 g/mol. The summed E-state index contributed by atoms with van der Waals surface area (Å²) >= 11 is 1.13. The van der Waals surface area contributed by atoms with Crippen molar-refractivity contribution in [2.45, 2.75) is 39.0 Å². The van der Waals surface area contributed by atoms with Crippen molar-refractivity contribution < 1.29 is 18.3 Å². The molecule has 1 aliphatic heterocycles. The molecule has 3 rings (SSSR count). The molecule has 1 N–H and O–H groups in total. The lowest BCUT2D eigenvalue weighted by molar-refractivity contribution is -0.114. The first-order valence-corrected chi connectivity index (χ1v) is 8.67. The maximum Gasteiger partial charge on any atom is 0.230 e. The number of carbonyl (C=O) groups is 1. The van der Waals surface area contributed by atoms with Gasteiger partial charge in [0.1, 0.15) is 11.9 Å². The minimum absolute atomic E-state index is 0.0984. The number of likely N-dealkylation sites (tertiary alicyclic amines) is 1. The Bertz CT molecular complexity index is 753. The lowest BCUT2D eigenvalue weighted by atomic mass is 10.2. The summed E-state index contributed by atoms with van der Waals surface area (Å²) < 4.78 is 32.6. The fraction of sp³-hybridized carbons (Fsp3) is 0.438. The third-order valence-corrected chi connectivity index (χ3v) is 4.86. The lowest BCUT2D eigenvalue weighted by Crippen LogP contribution is -2.28. The molecular formula is C16H18F2N4O2S. The van der Waals surface area contributed by atoms with Crippen LogP contribution < -0.4 is 10.1 Å². The molecule has 1 fully saturated rings. The molecule has 0 aliphatic carbocycles. The van der Waals surface area contributed by atoms with Crippen LogP contribution in [0.25, 0.3) is 0 Å². The number of pyridine rings is 1. The van der Waals surface area contributed by atoms with Crippen LogP contribution in [0.4, 0.5) is 13.9 Å². The summed E-state index contributed by atoms with van der Waals surface area (Å²) in [6, 6.07) is 2.98. The average molecular weight is 368 g/mol. The second kappa shape index (κ2) is 7.40. The highest BCUT2D eigenvalue weighted by Gasteiger charge is 2.32. The van der Waals surface area contributed by atoms with E-state index < -0.39 is 11.8 Å². The molecule has 9 heteroatoms. The van der Waals surface area contributed by atoms with Gasteiger partial charge in [-0.3, -0.25) is 9.69 Å². The van der Waals surface area contributed by atoms with E-state index in [1.165, 1.54) is 19.1 Å². The Kier molecular flexibility index (Phi) is 5.24. The molecule has 0 bridgehead atoms. The number of hydrogen-bond acceptors (Lipinski definition) is 6. The van der Waals surface area contributed by atoms with Gasteiger partial charge in [-0.1, -0.05) is 11.3 Å². The van der Waals surface area contributed by atoms with Gasteiger partial charge in [-0.05, 0) is 13.0 Å². The van der Waals surface area contributed by atoms with E-state index in [2.05, 4.69) is 20.2 Å². The molecule has 25 heavy (non-hydrogen) atoms. The summed E-state index contributed by atoms with van der Waals surface area (Å²) in [5.74, 6) is -0.887. The Morgan fingerprint density at radius 3 is 2.96 bits per heavy atom. The van der Waals surface area contributed by atoms with Crippen LogP contribution in [0.15, 0.2) is 18.3 Å². The van der Waals surface area contributed by atoms with Crippen molar-refractivity contribution in [1.82, 2.24) is 14.9 Å². The van der Waals surface area contributed by atoms with Gasteiger partial charge in [0.2, 0.25) is 17.7 Å². The molecule has 2 atom stereocenters. The molecule has 3 heterocycles. The van der Waals surface area contributed by atoms with Gasteiger partial charge in [-0.2, -0.15) is 9.37 Å². The van der Waals surface area contributed by atoms with Gasteiger partial charge < -0.3 is 10.1 Å². The predicted molar refractivity (Wildman–Crippen MR) is 89.5 cm³/mol. The number of anilines is 1. The summed E-state index contributed by atoms with van der Waals surface area (Å²) in [5, 5.41) is 2.75. The number of nitrogens with one attached hydrogen (secondary N) is 1. The zero-order valence-electron chi connectivity index (χ0n) is 13.8. The van der Waals surface area contributed by atoms with Crippen LogP contribution in [-0.4, -0.2) is 39.5 Å². The molecule has 134 valence electrons. The van der Waals surface area contributed by atoms with Crippen molar-refractivity contribution in [3.05, 3.63) is 35.0 Å². The molecule has 6 nitrogen and oxygen atoms in total. The minimum atomic E-state index is -0.564. The van der Waals surface area contributed by atoms with E-state index in [4.69, 9.17) is 4.74 Å². The van der Waals surface area contributed by atoms with E-state index in [0.29, 0.717) is 23.8 Å². The highest BCUT2D eigenvalue weighted by atomic mass is 32.1. The Morgan fingerprint density at radius 1 is 1.48 bits per heavy atom. The van der Waals surface area contributed by atoms with Crippen LogP contribution in [-0.2, 0) is 11.3 Å². The van der Waals surface area contributed by atoms with Gasteiger partial charge in [0.15, 0.2) is 5.13 Å². The quantitative estimate of drug-likeness (QED) is 0.879. The lowest BCUT2D eigenvalue weighted by Gasteiger charge is -2.19. The molecule has 0 unspecified atom stereocenters. The third-order valence-electron chi connectivity index (χ3n) is 3.93. The van der Waals surface area contributed by atoms with E-state index in [0.717, 1.165) is 24.0 Å². The highest BCUT2D eigenvalue weighted by Crippen LogP contribution is 2.28. The largest absolute Gasteiger partial charge is 0.473 e. The Morgan fingerprint density at radius 2 is 2.28 bits per heavy atom. The number of hydrogen-bond donors (Lipinski definition) is 1. The molecule has 1 saturated heterocycles. The number of carbonyl (C=O) groups excluding carboxylic acids is 1. The van der Waals surface area contributed by atoms with Crippen molar-refractivity contribution in [1.29, 1.82) is 0 Å². The molecular weight excluding hydrogens is 350 g/mol. The zero-order chi connectivity index (χ0) is 18.0. The molecule has 2 aromatic heterocycles. The van der Waals surface area contributed by atoms with Crippen LogP contribution >= 0.6 is 11.3 Å². The number of ether oxygens (including phenoxy) is 1. The molecule has 0 saturated carbocycles. The highest BCUT2D eigenvalue weighted by molar-refractivity contribution is 7.15. The van der Waals surface area contributed by atoms with Gasteiger partial charge in [-0.15, -0.1) is 0 Å². The number of rotatable bonds is 5. The summed E-state index contributed by atoms with van der Waals surface area (Å²) in [7, 11) is 0. The smallest absolute Gasteiger partial charge is 0.230 e. The van der Waals surface area contributed by atoms with E-state index >= 15 is 0 Å². The SMILES string of the molecule is CC(=O)Nc1nc(F)c(CN2C[C@H](Oc3ccc(F)cn3)C[C@@H]2C)s1. The first-order valence-electron chi connectivity index (χ1n) is 7.85. The zero-order valence-corrected chi connectivity index (χ0v) is 14.6. The summed E-state index contributed by atoms with van der Waals surface area (Å²) in [6.45, 7) is 4.38. The molecule has 1 aliphatic rings. The minimum Gasteiger partial charge on any atom is -0.473 e. The van der Waals surface area contributed by atoms with E-state index in [9.17, 15) is 13.6 Å². The van der Waals surface area contributed by atoms with Crippen molar-refractivity contribution in [2.24, 2.45) is 0 Å². The van der Waals surface area contributed by atoms with Gasteiger partial charge in [0.25, 0.3) is 0 Å². The van der Waals surface area contributed by atoms with Gasteiger partial charge in [0, 0.05) is 38.5 Å². The van der Waals surface area contributed by atoms with Gasteiger partial charge in [-0.25, -0.2) is 9.37 Å². The molecule has 0 radical (unpaired) electrons. The average Bonchev–Trinajstić information content (AvgIpc) is 3.04.